The number of benzene rings is 2. The van der Waals surface area contributed by atoms with E-state index in [1.165, 1.54) is 5.56 Å². The van der Waals surface area contributed by atoms with Crippen LogP contribution in [-0.2, 0) is 13.0 Å². The SMILES string of the molecule is CC(CCc1ccccc1)N[C@@H]1CCn2c(=O)[nH]c3cccc(c32)[C@H]1O. The molecule has 3 N–H and O–H groups in total. The predicted octanol–water partition coefficient (Wildman–Crippen LogP) is 2.75. The van der Waals surface area contributed by atoms with Gasteiger partial charge in [0.15, 0.2) is 0 Å². The quantitative estimate of drug-likeness (QED) is 0.662. The largest absolute Gasteiger partial charge is 0.387 e. The second-order valence-corrected chi connectivity index (χ2v) is 7.26. The fourth-order valence-electron chi connectivity index (χ4n) is 3.99. The topological polar surface area (TPSA) is 70.0 Å². The van der Waals surface area contributed by atoms with E-state index in [0.717, 1.165) is 35.9 Å². The summed E-state index contributed by atoms with van der Waals surface area (Å²) in [4.78, 5) is 15.1. The molecule has 4 rings (SSSR count). The number of para-hydroxylation sites is 1. The summed E-state index contributed by atoms with van der Waals surface area (Å²) in [7, 11) is 0. The summed E-state index contributed by atoms with van der Waals surface area (Å²) < 4.78 is 1.75. The highest BCUT2D eigenvalue weighted by molar-refractivity contribution is 5.79. The Morgan fingerprint density at radius 3 is 2.85 bits per heavy atom. The van der Waals surface area contributed by atoms with Crippen molar-refractivity contribution in [2.24, 2.45) is 0 Å². The van der Waals surface area contributed by atoms with Crippen molar-refractivity contribution in [3.8, 4) is 0 Å². The van der Waals surface area contributed by atoms with E-state index in [2.05, 4.69) is 41.5 Å². The van der Waals surface area contributed by atoms with E-state index in [1.807, 2.05) is 24.3 Å². The summed E-state index contributed by atoms with van der Waals surface area (Å²) in [6.07, 6.45) is 2.11. The lowest BCUT2D eigenvalue weighted by Crippen LogP contribution is -2.41. The van der Waals surface area contributed by atoms with Gasteiger partial charge in [0, 0.05) is 24.2 Å². The molecule has 1 aliphatic rings. The second-order valence-electron chi connectivity index (χ2n) is 7.26. The van der Waals surface area contributed by atoms with E-state index < -0.39 is 6.10 Å². The Balaban J connectivity index is 1.49. The van der Waals surface area contributed by atoms with E-state index in [0.29, 0.717) is 6.54 Å². The molecule has 5 nitrogen and oxygen atoms in total. The van der Waals surface area contributed by atoms with Gasteiger partial charge in [-0.25, -0.2) is 4.79 Å². The van der Waals surface area contributed by atoms with Gasteiger partial charge in [-0.15, -0.1) is 0 Å². The minimum absolute atomic E-state index is 0.0642. The minimum atomic E-state index is -0.623. The molecule has 2 heterocycles. The van der Waals surface area contributed by atoms with Crippen LogP contribution in [-0.4, -0.2) is 26.7 Å². The van der Waals surface area contributed by atoms with Crippen LogP contribution in [0.1, 0.15) is 37.0 Å². The normalized spacial score (nSPS) is 20.8. The number of aliphatic hydroxyl groups is 1. The highest BCUT2D eigenvalue weighted by atomic mass is 16.3. The Kier molecular flexibility index (Phi) is 4.66. The van der Waals surface area contributed by atoms with Crippen molar-refractivity contribution in [3.63, 3.8) is 0 Å². The second kappa shape index (κ2) is 7.09. The molecule has 1 unspecified atom stereocenters. The van der Waals surface area contributed by atoms with Gasteiger partial charge in [0.05, 0.1) is 17.1 Å². The zero-order chi connectivity index (χ0) is 18.1. The van der Waals surface area contributed by atoms with Gasteiger partial charge in [-0.1, -0.05) is 42.5 Å². The smallest absolute Gasteiger partial charge is 0.326 e. The van der Waals surface area contributed by atoms with Crippen molar-refractivity contribution in [1.29, 1.82) is 0 Å². The molecular weight excluding hydrogens is 326 g/mol. The van der Waals surface area contributed by atoms with Crippen molar-refractivity contribution in [2.75, 3.05) is 0 Å². The Bertz CT molecular complexity index is 945. The first-order valence-corrected chi connectivity index (χ1v) is 9.33. The van der Waals surface area contributed by atoms with Gasteiger partial charge in [0.1, 0.15) is 0 Å². The highest BCUT2D eigenvalue weighted by Gasteiger charge is 2.28. The Morgan fingerprint density at radius 1 is 1.23 bits per heavy atom. The molecule has 0 saturated carbocycles. The standard InChI is InChI=1S/C21H25N3O2/c1-14(10-11-15-6-3-2-4-7-15)22-18-12-13-24-19-16(20(18)25)8-5-9-17(19)23-21(24)26/h2-9,14,18,20,22,25H,10-13H2,1H3,(H,23,26)/t14?,18-,20-/m1/s1. The molecule has 0 spiro atoms. The van der Waals surface area contributed by atoms with Crippen molar-refractivity contribution in [3.05, 3.63) is 70.1 Å². The van der Waals surface area contributed by atoms with Crippen LogP contribution >= 0.6 is 0 Å². The molecule has 0 amide bonds. The number of aryl methyl sites for hydroxylation is 2. The van der Waals surface area contributed by atoms with Crippen LogP contribution in [0.2, 0.25) is 0 Å². The highest BCUT2D eigenvalue weighted by Crippen LogP contribution is 2.30. The maximum absolute atomic E-state index is 12.2. The molecule has 136 valence electrons. The number of rotatable bonds is 5. The van der Waals surface area contributed by atoms with E-state index in [-0.39, 0.29) is 17.8 Å². The van der Waals surface area contributed by atoms with Crippen LogP contribution in [0.5, 0.6) is 0 Å². The number of aliphatic hydroxyl groups excluding tert-OH is 1. The number of H-pyrrole nitrogens is 1. The first kappa shape index (κ1) is 17.1. The maximum atomic E-state index is 12.2. The molecule has 0 aliphatic carbocycles. The molecule has 3 aromatic rings. The van der Waals surface area contributed by atoms with Gasteiger partial charge in [-0.2, -0.15) is 0 Å². The van der Waals surface area contributed by atoms with Crippen LogP contribution in [0.15, 0.2) is 53.3 Å². The lowest BCUT2D eigenvalue weighted by atomic mass is 9.98. The lowest BCUT2D eigenvalue weighted by Gasteiger charge is -2.26. The van der Waals surface area contributed by atoms with Crippen molar-refractivity contribution in [2.45, 2.75) is 50.9 Å². The van der Waals surface area contributed by atoms with Gasteiger partial charge in [-0.3, -0.25) is 4.57 Å². The van der Waals surface area contributed by atoms with Crippen molar-refractivity contribution < 1.29 is 5.11 Å². The van der Waals surface area contributed by atoms with Gasteiger partial charge < -0.3 is 15.4 Å². The number of nitrogens with one attached hydrogen (secondary N) is 2. The number of aromatic amines is 1. The maximum Gasteiger partial charge on any atom is 0.326 e. The van der Waals surface area contributed by atoms with E-state index >= 15 is 0 Å². The zero-order valence-electron chi connectivity index (χ0n) is 15.0. The third kappa shape index (κ3) is 3.20. The monoisotopic (exact) mass is 351 g/mol. The van der Waals surface area contributed by atoms with Crippen molar-refractivity contribution >= 4 is 11.0 Å². The Labute approximate surface area is 152 Å². The molecule has 0 bridgehead atoms. The summed E-state index contributed by atoms with van der Waals surface area (Å²) in [6.45, 7) is 2.77. The van der Waals surface area contributed by atoms with Crippen LogP contribution in [0.3, 0.4) is 0 Å². The molecule has 0 radical (unpaired) electrons. The van der Waals surface area contributed by atoms with Crippen LogP contribution in [0.4, 0.5) is 0 Å². The molecule has 26 heavy (non-hydrogen) atoms. The van der Waals surface area contributed by atoms with Crippen LogP contribution < -0.4 is 11.0 Å². The summed E-state index contributed by atoms with van der Waals surface area (Å²) in [5, 5.41) is 14.6. The number of hydrogen-bond acceptors (Lipinski definition) is 3. The number of imidazole rings is 1. The summed E-state index contributed by atoms with van der Waals surface area (Å²) in [5.41, 5.74) is 3.69. The molecule has 1 aliphatic heterocycles. The molecule has 3 atom stereocenters. The molecule has 2 aromatic carbocycles. The molecule has 0 fully saturated rings. The summed E-state index contributed by atoms with van der Waals surface area (Å²) in [6, 6.07) is 16.4. The minimum Gasteiger partial charge on any atom is -0.387 e. The summed E-state index contributed by atoms with van der Waals surface area (Å²) >= 11 is 0. The van der Waals surface area contributed by atoms with Gasteiger partial charge in [0.25, 0.3) is 0 Å². The number of aromatic nitrogens is 2. The number of nitrogens with zero attached hydrogens (tertiary/aromatic N) is 1. The summed E-state index contributed by atoms with van der Waals surface area (Å²) in [5.74, 6) is 0. The lowest BCUT2D eigenvalue weighted by molar-refractivity contribution is 0.119. The third-order valence-corrected chi connectivity index (χ3v) is 5.39. The predicted molar refractivity (Wildman–Crippen MR) is 103 cm³/mol. The van der Waals surface area contributed by atoms with Crippen LogP contribution in [0.25, 0.3) is 11.0 Å². The number of hydrogen-bond donors (Lipinski definition) is 3. The van der Waals surface area contributed by atoms with E-state index in [4.69, 9.17) is 0 Å². The van der Waals surface area contributed by atoms with E-state index in [1.54, 1.807) is 4.57 Å². The van der Waals surface area contributed by atoms with Gasteiger partial charge in [0.2, 0.25) is 0 Å². The fourth-order valence-corrected chi connectivity index (χ4v) is 3.99. The average molecular weight is 351 g/mol. The van der Waals surface area contributed by atoms with Crippen molar-refractivity contribution in [1.82, 2.24) is 14.9 Å². The third-order valence-electron chi connectivity index (χ3n) is 5.39. The fraction of sp³-hybridized carbons (Fsp3) is 0.381. The molecule has 5 heteroatoms. The van der Waals surface area contributed by atoms with Gasteiger partial charge in [-0.05, 0) is 37.8 Å². The van der Waals surface area contributed by atoms with Crippen LogP contribution in [0, 0.1) is 0 Å². The molecular formula is C21H25N3O2. The van der Waals surface area contributed by atoms with Gasteiger partial charge >= 0.3 is 5.69 Å². The van der Waals surface area contributed by atoms with E-state index in [9.17, 15) is 9.90 Å². The molecule has 1 aromatic heterocycles. The zero-order valence-corrected chi connectivity index (χ0v) is 15.0. The Hall–Kier alpha value is -2.37. The Morgan fingerprint density at radius 2 is 2.04 bits per heavy atom. The first-order valence-electron chi connectivity index (χ1n) is 9.33. The first-order chi connectivity index (χ1) is 12.6. The molecule has 0 saturated heterocycles. The average Bonchev–Trinajstić information content (AvgIpc) is 2.91.